The van der Waals surface area contributed by atoms with E-state index in [2.05, 4.69) is 71.5 Å². The molecule has 4 nitrogen and oxygen atoms in total. The van der Waals surface area contributed by atoms with Crippen molar-refractivity contribution in [2.45, 2.75) is 57.9 Å². The van der Waals surface area contributed by atoms with Gasteiger partial charge in [0, 0.05) is 55.6 Å². The summed E-state index contributed by atoms with van der Waals surface area (Å²) in [5, 5.41) is 4.71. The first-order valence-electron chi connectivity index (χ1n) is 13.1. The highest BCUT2D eigenvalue weighted by Crippen LogP contribution is 2.37. The lowest BCUT2D eigenvalue weighted by Gasteiger charge is -2.23. The van der Waals surface area contributed by atoms with Gasteiger partial charge in [0.05, 0.1) is 0 Å². The summed E-state index contributed by atoms with van der Waals surface area (Å²) < 4.78 is 8.04. The second-order valence-corrected chi connectivity index (χ2v) is 10.4. The van der Waals surface area contributed by atoms with E-state index in [4.69, 9.17) is 4.74 Å². The number of hydrogen-bond donors (Lipinski definition) is 1. The Labute approximate surface area is 215 Å². The molecule has 3 heterocycles. The largest absolute Gasteiger partial charge is 0.381 e. The molecule has 35 heavy (non-hydrogen) atoms. The molecule has 1 aromatic heterocycles. The quantitative estimate of drug-likeness (QED) is 0.400. The van der Waals surface area contributed by atoms with Crippen LogP contribution in [0, 0.1) is 18.8 Å². The third kappa shape index (κ3) is 6.35. The molecule has 2 aliphatic heterocycles. The minimum Gasteiger partial charge on any atom is -0.381 e. The van der Waals surface area contributed by atoms with Crippen molar-refractivity contribution in [3.8, 4) is 0 Å². The fourth-order valence-corrected chi connectivity index (χ4v) is 5.92. The molecule has 0 aliphatic carbocycles. The second kappa shape index (κ2) is 12.2. The van der Waals surface area contributed by atoms with Gasteiger partial charge >= 0.3 is 0 Å². The number of benzene rings is 2. The molecule has 1 atom stereocenters. The van der Waals surface area contributed by atoms with Gasteiger partial charge in [-0.2, -0.15) is 0 Å². The number of nitrogens with zero attached hydrogens (tertiary/aromatic N) is 1. The highest BCUT2D eigenvalue weighted by molar-refractivity contribution is 5.87. The van der Waals surface area contributed by atoms with Crippen molar-refractivity contribution in [1.82, 2.24) is 9.88 Å². The number of hydrogen-bond acceptors (Lipinski definition) is 3. The fraction of sp³-hybridized carbons (Fsp3) is 0.500. The number of rotatable bonds is 8. The van der Waals surface area contributed by atoms with Crippen molar-refractivity contribution < 1.29 is 9.53 Å². The molecule has 1 N–H and O–H groups in total. The van der Waals surface area contributed by atoms with Gasteiger partial charge < -0.3 is 14.6 Å². The van der Waals surface area contributed by atoms with E-state index in [1.54, 1.807) is 0 Å². The SMILES string of the molecule is Cc1cccc(C(CC(=O)CC2CCNCC2)c2cn(CC3CCOCC3)c3ccccc23)c1.Cl. The van der Waals surface area contributed by atoms with Gasteiger partial charge in [0.2, 0.25) is 0 Å². The van der Waals surface area contributed by atoms with Crippen molar-refractivity contribution in [2.24, 2.45) is 11.8 Å². The van der Waals surface area contributed by atoms with Crippen LogP contribution in [0.15, 0.2) is 54.7 Å². The van der Waals surface area contributed by atoms with E-state index in [1.165, 1.54) is 27.6 Å². The molecule has 3 aromatic rings. The van der Waals surface area contributed by atoms with Gasteiger partial charge in [-0.15, -0.1) is 12.4 Å². The van der Waals surface area contributed by atoms with E-state index < -0.39 is 0 Å². The molecule has 2 saturated heterocycles. The van der Waals surface area contributed by atoms with E-state index in [0.29, 0.717) is 30.5 Å². The Balaban J connectivity index is 0.00000289. The molecule has 2 aromatic carbocycles. The van der Waals surface area contributed by atoms with E-state index >= 15 is 0 Å². The number of ether oxygens (including phenoxy) is 1. The Morgan fingerprint density at radius 1 is 1.03 bits per heavy atom. The molecule has 5 rings (SSSR count). The number of para-hydroxylation sites is 1. The van der Waals surface area contributed by atoms with Gasteiger partial charge in [0.25, 0.3) is 0 Å². The summed E-state index contributed by atoms with van der Waals surface area (Å²) in [6.45, 7) is 6.98. The van der Waals surface area contributed by atoms with Gasteiger partial charge in [-0.3, -0.25) is 4.79 Å². The van der Waals surface area contributed by atoms with Crippen molar-refractivity contribution in [3.05, 3.63) is 71.4 Å². The summed E-state index contributed by atoms with van der Waals surface area (Å²) in [6, 6.07) is 17.5. The summed E-state index contributed by atoms with van der Waals surface area (Å²) in [6.07, 6.45) is 8.13. The van der Waals surface area contributed by atoms with Crippen molar-refractivity contribution in [3.63, 3.8) is 0 Å². The molecule has 0 radical (unpaired) electrons. The third-order valence-corrected chi connectivity index (χ3v) is 7.84. The molecular weight excluding hydrogens is 456 g/mol. The maximum atomic E-state index is 13.4. The number of aryl methyl sites for hydroxylation is 1. The zero-order valence-electron chi connectivity index (χ0n) is 20.9. The fourth-order valence-electron chi connectivity index (χ4n) is 5.92. The van der Waals surface area contributed by atoms with Gasteiger partial charge in [-0.05, 0) is 74.7 Å². The molecule has 1 unspecified atom stereocenters. The standard InChI is InChI=1S/C30H38N2O2.ClH/c1-22-5-4-6-25(17-22)28(19-26(33)18-23-9-13-31-14-10-23)29-21-32(20-24-11-15-34-16-12-24)30-8-3-2-7-27(29)30;/h2-8,17,21,23-24,28,31H,9-16,18-20H2,1H3;1H. The molecule has 0 bridgehead atoms. The van der Waals surface area contributed by atoms with Gasteiger partial charge in [-0.25, -0.2) is 0 Å². The number of fused-ring (bicyclic) bond motifs is 1. The first-order valence-corrected chi connectivity index (χ1v) is 13.1. The van der Waals surface area contributed by atoms with Crippen LogP contribution in [0.1, 0.15) is 61.1 Å². The summed E-state index contributed by atoms with van der Waals surface area (Å²) in [5.41, 5.74) is 5.09. The number of nitrogens with one attached hydrogen (secondary N) is 1. The molecule has 0 amide bonds. The minimum absolute atomic E-state index is 0. The summed E-state index contributed by atoms with van der Waals surface area (Å²) in [4.78, 5) is 13.4. The lowest BCUT2D eigenvalue weighted by molar-refractivity contribution is -0.120. The highest BCUT2D eigenvalue weighted by Gasteiger charge is 2.26. The van der Waals surface area contributed by atoms with Crippen LogP contribution in [-0.4, -0.2) is 36.7 Å². The Bertz CT molecular complexity index is 1110. The van der Waals surface area contributed by atoms with E-state index in [-0.39, 0.29) is 18.3 Å². The van der Waals surface area contributed by atoms with Crippen LogP contribution < -0.4 is 5.32 Å². The minimum atomic E-state index is 0. The molecule has 0 spiro atoms. The number of carbonyl (C=O) groups is 1. The lowest BCUT2D eigenvalue weighted by atomic mass is 9.83. The normalized spacial score (nSPS) is 18.3. The molecule has 0 saturated carbocycles. The molecule has 2 fully saturated rings. The summed E-state index contributed by atoms with van der Waals surface area (Å²) in [5.74, 6) is 1.67. The summed E-state index contributed by atoms with van der Waals surface area (Å²) >= 11 is 0. The van der Waals surface area contributed by atoms with Crippen molar-refractivity contribution in [1.29, 1.82) is 0 Å². The Morgan fingerprint density at radius 2 is 1.80 bits per heavy atom. The predicted molar refractivity (Wildman–Crippen MR) is 146 cm³/mol. The van der Waals surface area contributed by atoms with Crippen LogP contribution in [0.25, 0.3) is 10.9 Å². The maximum Gasteiger partial charge on any atom is 0.134 e. The second-order valence-electron chi connectivity index (χ2n) is 10.4. The topological polar surface area (TPSA) is 43.3 Å². The van der Waals surface area contributed by atoms with Gasteiger partial charge in [0.1, 0.15) is 5.78 Å². The van der Waals surface area contributed by atoms with Crippen LogP contribution in [0.2, 0.25) is 0 Å². The Hall–Kier alpha value is -2.14. The van der Waals surface area contributed by atoms with Crippen LogP contribution in [0.4, 0.5) is 0 Å². The number of halogens is 1. The molecular formula is C30H39ClN2O2. The Morgan fingerprint density at radius 3 is 2.57 bits per heavy atom. The van der Waals surface area contributed by atoms with Crippen molar-refractivity contribution in [2.75, 3.05) is 26.3 Å². The Kier molecular flexibility index (Phi) is 9.04. The van der Waals surface area contributed by atoms with Crippen LogP contribution >= 0.6 is 12.4 Å². The predicted octanol–water partition coefficient (Wildman–Crippen LogP) is 6.28. The number of piperidine rings is 1. The van der Waals surface area contributed by atoms with Crippen molar-refractivity contribution >= 4 is 29.1 Å². The molecule has 188 valence electrons. The number of Topliss-reactive ketones (excluding diaryl/α,β-unsaturated/α-hetero) is 1. The number of ketones is 1. The zero-order chi connectivity index (χ0) is 23.3. The average Bonchev–Trinajstić information content (AvgIpc) is 3.22. The van der Waals surface area contributed by atoms with E-state index in [9.17, 15) is 4.79 Å². The molecule has 2 aliphatic rings. The average molecular weight is 495 g/mol. The third-order valence-electron chi connectivity index (χ3n) is 7.84. The van der Waals surface area contributed by atoms with E-state index in [0.717, 1.165) is 58.5 Å². The first kappa shape index (κ1) is 25.9. The van der Waals surface area contributed by atoms with Crippen LogP contribution in [0.3, 0.4) is 0 Å². The van der Waals surface area contributed by atoms with Gasteiger partial charge in [0.15, 0.2) is 0 Å². The van der Waals surface area contributed by atoms with E-state index in [1.807, 2.05) is 0 Å². The van der Waals surface area contributed by atoms with Crippen LogP contribution in [0.5, 0.6) is 0 Å². The van der Waals surface area contributed by atoms with Crippen LogP contribution in [-0.2, 0) is 16.1 Å². The lowest BCUT2D eigenvalue weighted by Crippen LogP contribution is -2.29. The first-order chi connectivity index (χ1) is 16.7. The number of aromatic nitrogens is 1. The highest BCUT2D eigenvalue weighted by atomic mass is 35.5. The monoisotopic (exact) mass is 494 g/mol. The molecule has 5 heteroatoms. The number of carbonyl (C=O) groups excluding carboxylic acids is 1. The smallest absolute Gasteiger partial charge is 0.134 e. The van der Waals surface area contributed by atoms with Gasteiger partial charge in [-0.1, -0.05) is 48.0 Å². The zero-order valence-corrected chi connectivity index (χ0v) is 21.7. The maximum absolute atomic E-state index is 13.4. The summed E-state index contributed by atoms with van der Waals surface area (Å²) in [7, 11) is 0.